The van der Waals surface area contributed by atoms with Crippen molar-refractivity contribution in [3.8, 4) is 5.75 Å². The van der Waals surface area contributed by atoms with Crippen LogP contribution >= 0.6 is 0 Å². The molecule has 1 atom stereocenters. The van der Waals surface area contributed by atoms with E-state index in [2.05, 4.69) is 41.9 Å². The fourth-order valence-corrected chi connectivity index (χ4v) is 7.66. The number of hydrogen-bond acceptors (Lipinski definition) is 10. The number of rotatable bonds is 10. The first-order valence-electron chi connectivity index (χ1n) is 17.9. The lowest BCUT2D eigenvalue weighted by atomic mass is 10.0. The molecule has 278 valence electrons. The molecule has 3 saturated heterocycles. The molecule has 3 aliphatic heterocycles. The summed E-state index contributed by atoms with van der Waals surface area (Å²) in [5.41, 5.74) is 0.415. The summed E-state index contributed by atoms with van der Waals surface area (Å²) in [6.07, 6.45) is 3.80. The third-order valence-electron chi connectivity index (χ3n) is 10.4. The first-order chi connectivity index (χ1) is 25.1. The quantitative estimate of drug-likeness (QED) is 0.178. The predicted molar refractivity (Wildman–Crippen MR) is 190 cm³/mol. The number of methoxy groups -OCH3 is 1. The molecule has 7 rings (SSSR count). The Hall–Kier alpha value is -4.47. The van der Waals surface area contributed by atoms with Gasteiger partial charge in [-0.1, -0.05) is 18.7 Å². The normalized spacial score (nSPS) is 20.8. The maximum Gasteiger partial charge on any atom is 0.419 e. The van der Waals surface area contributed by atoms with Gasteiger partial charge in [-0.2, -0.15) is 13.2 Å². The van der Waals surface area contributed by atoms with E-state index in [0.717, 1.165) is 63.4 Å². The van der Waals surface area contributed by atoms with Crippen molar-refractivity contribution in [1.29, 1.82) is 0 Å². The van der Waals surface area contributed by atoms with Crippen LogP contribution in [0.2, 0.25) is 0 Å². The van der Waals surface area contributed by atoms with Gasteiger partial charge in [0, 0.05) is 62.4 Å². The molecule has 15 heteroatoms. The van der Waals surface area contributed by atoms with E-state index in [-0.39, 0.29) is 30.3 Å². The van der Waals surface area contributed by atoms with Gasteiger partial charge in [0.15, 0.2) is 5.82 Å². The van der Waals surface area contributed by atoms with Crippen molar-refractivity contribution < 1.29 is 31.9 Å². The zero-order valence-corrected chi connectivity index (χ0v) is 29.2. The molecule has 1 unspecified atom stereocenters. The first kappa shape index (κ1) is 35.9. The maximum atomic E-state index is 15.1. The fourth-order valence-electron chi connectivity index (χ4n) is 7.66. The van der Waals surface area contributed by atoms with Crippen LogP contribution < -0.4 is 25.3 Å². The standard InChI is InChI=1S/C37H44F4N8O3/c1-3-35(50)45-28-20-29(32(51-2)21-31(28)48-15-10-25(11-16-48)47-14-5-13-46(17-18-47)24-8-9-24)44-33-22-34(43-23-42-33)49-30(12-19-52-49)26-6-4-7-27(36(26)38)37(39,40)41/h3-4,6-7,20-25,30H,1,5,8-19H2,2H3,(H,45,50)(H,42,43,44). The van der Waals surface area contributed by atoms with Gasteiger partial charge in [0.1, 0.15) is 23.7 Å². The number of aromatic nitrogens is 2. The number of benzene rings is 2. The van der Waals surface area contributed by atoms with E-state index >= 15 is 4.39 Å². The highest BCUT2D eigenvalue weighted by Crippen LogP contribution is 2.42. The third kappa shape index (κ3) is 7.81. The Morgan fingerprint density at radius 1 is 0.962 bits per heavy atom. The van der Waals surface area contributed by atoms with Gasteiger partial charge >= 0.3 is 6.18 Å². The summed E-state index contributed by atoms with van der Waals surface area (Å²) in [6.45, 7) is 9.98. The van der Waals surface area contributed by atoms with Crippen LogP contribution in [0.3, 0.4) is 0 Å². The SMILES string of the molecule is C=CC(=O)Nc1cc(Nc2cc(N3OCCC3c3cccc(C(F)(F)F)c3F)ncn2)c(OC)cc1N1CCC(N2CCCN(C3CC3)CC2)CC1. The Kier molecular flexibility index (Phi) is 10.5. The summed E-state index contributed by atoms with van der Waals surface area (Å²) in [5.74, 6) is -0.661. The second kappa shape index (κ2) is 15.2. The highest BCUT2D eigenvalue weighted by molar-refractivity contribution is 6.02. The summed E-state index contributed by atoms with van der Waals surface area (Å²) >= 11 is 0. The van der Waals surface area contributed by atoms with E-state index in [1.54, 1.807) is 19.2 Å². The van der Waals surface area contributed by atoms with Crippen LogP contribution in [0.5, 0.6) is 5.75 Å². The zero-order chi connectivity index (χ0) is 36.4. The number of amides is 1. The van der Waals surface area contributed by atoms with Crippen LogP contribution in [0.15, 0.2) is 55.4 Å². The number of alkyl halides is 3. The van der Waals surface area contributed by atoms with Crippen molar-refractivity contribution in [2.75, 3.05) is 73.6 Å². The number of hydrogen-bond donors (Lipinski definition) is 2. The topological polar surface area (TPSA) is 98.3 Å². The van der Waals surface area contributed by atoms with Crippen molar-refractivity contribution >= 4 is 34.6 Å². The monoisotopic (exact) mass is 724 g/mol. The lowest BCUT2D eigenvalue weighted by molar-refractivity contribution is -0.140. The molecule has 3 aromatic rings. The first-order valence-corrected chi connectivity index (χ1v) is 17.9. The van der Waals surface area contributed by atoms with Crippen LogP contribution in [0.4, 0.5) is 46.3 Å². The molecule has 2 aromatic carbocycles. The molecule has 0 spiro atoms. The van der Waals surface area contributed by atoms with E-state index in [0.29, 0.717) is 29.0 Å². The minimum Gasteiger partial charge on any atom is -0.494 e. The van der Waals surface area contributed by atoms with Crippen LogP contribution in [0.25, 0.3) is 0 Å². The molecule has 1 aromatic heterocycles. The average molecular weight is 725 g/mol. The number of ether oxygens (including phenoxy) is 1. The van der Waals surface area contributed by atoms with E-state index in [9.17, 15) is 18.0 Å². The van der Waals surface area contributed by atoms with E-state index in [1.807, 2.05) is 6.07 Å². The molecular formula is C37H44F4N8O3. The van der Waals surface area contributed by atoms with E-state index in [1.165, 1.54) is 55.4 Å². The highest BCUT2D eigenvalue weighted by atomic mass is 19.4. The Morgan fingerprint density at radius 2 is 1.69 bits per heavy atom. The molecule has 1 aliphatic carbocycles. The lowest BCUT2D eigenvalue weighted by Crippen LogP contribution is -2.46. The van der Waals surface area contributed by atoms with Crippen LogP contribution in [-0.4, -0.2) is 90.7 Å². The predicted octanol–water partition coefficient (Wildman–Crippen LogP) is 6.53. The number of carbonyl (C=O) groups is 1. The molecule has 0 bridgehead atoms. The summed E-state index contributed by atoms with van der Waals surface area (Å²) in [7, 11) is 1.56. The largest absolute Gasteiger partial charge is 0.494 e. The smallest absolute Gasteiger partial charge is 0.419 e. The summed E-state index contributed by atoms with van der Waals surface area (Å²) in [4.78, 5) is 34.6. The summed E-state index contributed by atoms with van der Waals surface area (Å²) in [5, 5.41) is 7.49. The molecule has 0 radical (unpaired) electrons. The molecule has 4 fully saturated rings. The number of nitrogens with zero attached hydrogens (tertiary/aromatic N) is 6. The number of halogens is 4. The Morgan fingerprint density at radius 3 is 2.37 bits per heavy atom. The number of hydroxylamine groups is 1. The van der Waals surface area contributed by atoms with Crippen molar-refractivity contribution in [3.05, 3.63) is 72.3 Å². The Bertz CT molecular complexity index is 1770. The minimum absolute atomic E-state index is 0.143. The molecule has 1 saturated carbocycles. The van der Waals surface area contributed by atoms with E-state index < -0.39 is 23.6 Å². The van der Waals surface area contributed by atoms with Crippen molar-refractivity contribution in [2.24, 2.45) is 0 Å². The molecule has 1 amide bonds. The number of carbonyl (C=O) groups excluding carboxylic acids is 1. The van der Waals surface area contributed by atoms with Gasteiger partial charge in [-0.05, 0) is 63.4 Å². The molecule has 11 nitrogen and oxygen atoms in total. The van der Waals surface area contributed by atoms with Gasteiger partial charge in [0.25, 0.3) is 0 Å². The van der Waals surface area contributed by atoms with E-state index in [4.69, 9.17) is 9.57 Å². The van der Waals surface area contributed by atoms with Crippen LogP contribution in [0, 0.1) is 5.82 Å². The molecule has 4 aliphatic rings. The summed E-state index contributed by atoms with van der Waals surface area (Å²) in [6, 6.07) is 8.91. The van der Waals surface area contributed by atoms with Gasteiger partial charge in [-0.25, -0.2) is 19.4 Å². The minimum atomic E-state index is -4.84. The second-order valence-corrected chi connectivity index (χ2v) is 13.7. The van der Waals surface area contributed by atoms with Gasteiger partial charge in [0.2, 0.25) is 5.91 Å². The van der Waals surface area contributed by atoms with Gasteiger partial charge in [-0.15, -0.1) is 0 Å². The number of piperidine rings is 1. The van der Waals surface area contributed by atoms with Crippen molar-refractivity contribution in [2.45, 2.75) is 62.8 Å². The number of anilines is 5. The second-order valence-electron chi connectivity index (χ2n) is 13.7. The molecule has 2 N–H and O–H groups in total. The van der Waals surface area contributed by atoms with Crippen LogP contribution in [-0.2, 0) is 15.8 Å². The van der Waals surface area contributed by atoms with Gasteiger partial charge in [0.05, 0.1) is 42.4 Å². The summed E-state index contributed by atoms with van der Waals surface area (Å²) < 4.78 is 61.4. The molecule has 52 heavy (non-hydrogen) atoms. The Balaban J connectivity index is 1.09. The third-order valence-corrected chi connectivity index (χ3v) is 10.4. The molecule has 4 heterocycles. The highest BCUT2D eigenvalue weighted by Gasteiger charge is 2.39. The maximum absolute atomic E-state index is 15.1. The van der Waals surface area contributed by atoms with Crippen molar-refractivity contribution in [3.63, 3.8) is 0 Å². The zero-order valence-electron chi connectivity index (χ0n) is 29.2. The number of nitrogens with one attached hydrogen (secondary N) is 2. The lowest BCUT2D eigenvalue weighted by Gasteiger charge is -2.40. The average Bonchev–Trinajstić information content (AvgIpc) is 3.92. The van der Waals surface area contributed by atoms with Gasteiger partial charge in [-0.3, -0.25) is 19.4 Å². The fraction of sp³-hybridized carbons (Fsp3) is 0.486. The van der Waals surface area contributed by atoms with Crippen molar-refractivity contribution in [1.82, 2.24) is 19.8 Å². The van der Waals surface area contributed by atoms with Crippen LogP contribution in [0.1, 0.15) is 55.7 Å². The Labute approximate surface area is 300 Å². The van der Waals surface area contributed by atoms with Gasteiger partial charge < -0.3 is 20.3 Å². The molecular weight excluding hydrogens is 680 g/mol.